The first-order valence-corrected chi connectivity index (χ1v) is 7.19. The van der Waals surface area contributed by atoms with Gasteiger partial charge in [0.25, 0.3) is 0 Å². The maximum absolute atomic E-state index is 12.8. The van der Waals surface area contributed by atoms with Crippen LogP contribution >= 0.6 is 11.6 Å². The molecule has 114 valence electrons. The third kappa shape index (κ3) is 2.68. The molecule has 3 rings (SSSR count). The first-order valence-electron chi connectivity index (χ1n) is 6.65. The largest absolute Gasteiger partial charge is 0.416 e. The number of alkyl halides is 4. The van der Waals surface area contributed by atoms with Crippen LogP contribution in [0.1, 0.15) is 17.2 Å². The fraction of sp³-hybridized carbons (Fsp3) is 0.188. The minimum Gasteiger partial charge on any atom is -0.322 e. The summed E-state index contributed by atoms with van der Waals surface area (Å²) in [4.78, 5) is 4.09. The highest BCUT2D eigenvalue weighted by Gasteiger charge is 2.31. The lowest BCUT2D eigenvalue weighted by Gasteiger charge is -2.17. The van der Waals surface area contributed by atoms with Gasteiger partial charge in [0, 0.05) is 5.88 Å². The van der Waals surface area contributed by atoms with Crippen LogP contribution < -0.4 is 0 Å². The maximum atomic E-state index is 12.8. The highest BCUT2D eigenvalue weighted by Crippen LogP contribution is 2.32. The molecular formula is C16H12ClF3N2. The lowest BCUT2D eigenvalue weighted by Crippen LogP contribution is -2.11. The third-order valence-corrected chi connectivity index (χ3v) is 3.86. The third-order valence-electron chi connectivity index (χ3n) is 3.57. The Kier molecular flexibility index (Phi) is 3.83. The number of imidazole rings is 1. The van der Waals surface area contributed by atoms with Gasteiger partial charge in [-0.3, -0.25) is 0 Å². The van der Waals surface area contributed by atoms with Crippen LogP contribution in [0.15, 0.2) is 54.9 Å². The predicted octanol–water partition coefficient (Wildman–Crippen LogP) is 4.88. The lowest BCUT2D eigenvalue weighted by atomic mass is 10.1. The van der Waals surface area contributed by atoms with Crippen molar-refractivity contribution in [3.63, 3.8) is 0 Å². The van der Waals surface area contributed by atoms with Gasteiger partial charge in [-0.2, -0.15) is 13.2 Å². The van der Waals surface area contributed by atoms with Gasteiger partial charge in [0.05, 0.1) is 29.0 Å². The molecule has 1 atom stereocenters. The van der Waals surface area contributed by atoms with Crippen molar-refractivity contribution in [2.24, 2.45) is 0 Å². The highest BCUT2D eigenvalue weighted by atomic mass is 35.5. The Balaban J connectivity index is 2.08. The van der Waals surface area contributed by atoms with Crippen LogP contribution in [0.25, 0.3) is 11.0 Å². The quantitative estimate of drug-likeness (QED) is 0.628. The number of aromatic nitrogens is 2. The monoisotopic (exact) mass is 324 g/mol. The Hall–Kier alpha value is -2.01. The van der Waals surface area contributed by atoms with Crippen molar-refractivity contribution in [1.82, 2.24) is 9.55 Å². The van der Waals surface area contributed by atoms with Gasteiger partial charge >= 0.3 is 6.18 Å². The van der Waals surface area contributed by atoms with Crippen molar-refractivity contribution in [3.8, 4) is 0 Å². The van der Waals surface area contributed by atoms with Crippen LogP contribution in [0.3, 0.4) is 0 Å². The molecule has 0 N–H and O–H groups in total. The van der Waals surface area contributed by atoms with E-state index in [1.807, 2.05) is 30.3 Å². The normalized spacial score (nSPS) is 13.5. The standard InChI is InChI=1S/C16H12ClF3N2/c17-9-15(11-4-2-1-3-5-11)22-10-21-13-8-12(16(18,19)20)6-7-14(13)22/h1-8,10,15H,9H2. The van der Waals surface area contributed by atoms with Gasteiger partial charge in [-0.25, -0.2) is 4.98 Å². The number of benzene rings is 2. The van der Waals surface area contributed by atoms with E-state index in [0.29, 0.717) is 16.9 Å². The molecule has 0 saturated carbocycles. The molecule has 0 aliphatic carbocycles. The van der Waals surface area contributed by atoms with Crippen molar-refractivity contribution in [1.29, 1.82) is 0 Å². The van der Waals surface area contributed by atoms with E-state index < -0.39 is 11.7 Å². The van der Waals surface area contributed by atoms with Gasteiger partial charge in [-0.05, 0) is 23.8 Å². The molecule has 0 radical (unpaired) electrons. The first kappa shape index (κ1) is 14.9. The van der Waals surface area contributed by atoms with Gasteiger partial charge in [-0.1, -0.05) is 30.3 Å². The molecule has 1 unspecified atom stereocenters. The molecule has 0 spiro atoms. The Morgan fingerprint density at radius 1 is 1.09 bits per heavy atom. The zero-order chi connectivity index (χ0) is 15.7. The van der Waals surface area contributed by atoms with E-state index >= 15 is 0 Å². The molecule has 6 heteroatoms. The second-order valence-electron chi connectivity index (χ2n) is 4.93. The Morgan fingerprint density at radius 2 is 1.82 bits per heavy atom. The minimum absolute atomic E-state index is 0.176. The Morgan fingerprint density at radius 3 is 2.45 bits per heavy atom. The van der Waals surface area contributed by atoms with E-state index in [2.05, 4.69) is 4.98 Å². The number of halogens is 4. The maximum Gasteiger partial charge on any atom is 0.416 e. The number of hydrogen-bond donors (Lipinski definition) is 0. The summed E-state index contributed by atoms with van der Waals surface area (Å²) in [5.74, 6) is 0.302. The summed E-state index contributed by atoms with van der Waals surface area (Å²) in [6.45, 7) is 0. The van der Waals surface area contributed by atoms with Crippen LogP contribution in [0, 0.1) is 0 Å². The van der Waals surface area contributed by atoms with Crippen molar-refractivity contribution >= 4 is 22.6 Å². The van der Waals surface area contributed by atoms with Crippen LogP contribution in [-0.2, 0) is 6.18 Å². The number of hydrogen-bond acceptors (Lipinski definition) is 1. The molecule has 1 heterocycles. The molecule has 0 bridgehead atoms. The van der Waals surface area contributed by atoms with E-state index in [1.165, 1.54) is 12.4 Å². The van der Waals surface area contributed by atoms with Gasteiger partial charge < -0.3 is 4.57 Å². The molecule has 22 heavy (non-hydrogen) atoms. The SMILES string of the molecule is FC(F)(F)c1ccc2c(c1)ncn2C(CCl)c1ccccc1. The minimum atomic E-state index is -4.37. The average Bonchev–Trinajstić information content (AvgIpc) is 2.92. The Bertz CT molecular complexity index is 781. The average molecular weight is 325 g/mol. The summed E-state index contributed by atoms with van der Waals surface area (Å²) in [6, 6.07) is 12.9. The van der Waals surface area contributed by atoms with Gasteiger partial charge in [0.15, 0.2) is 0 Å². The lowest BCUT2D eigenvalue weighted by molar-refractivity contribution is -0.137. The summed E-state index contributed by atoms with van der Waals surface area (Å²) in [5.41, 5.74) is 1.22. The number of nitrogens with zero attached hydrogens (tertiary/aromatic N) is 2. The molecule has 0 saturated heterocycles. The molecule has 3 aromatic rings. The fourth-order valence-electron chi connectivity index (χ4n) is 2.46. The zero-order valence-corrected chi connectivity index (χ0v) is 12.1. The smallest absolute Gasteiger partial charge is 0.322 e. The summed E-state index contributed by atoms with van der Waals surface area (Å²) < 4.78 is 40.1. The number of rotatable bonds is 3. The highest BCUT2D eigenvalue weighted by molar-refractivity contribution is 6.18. The molecule has 2 aromatic carbocycles. The first-order chi connectivity index (χ1) is 10.5. The molecule has 0 amide bonds. The molecule has 0 aliphatic heterocycles. The summed E-state index contributed by atoms with van der Waals surface area (Å²) >= 11 is 6.07. The van der Waals surface area contributed by atoms with E-state index in [-0.39, 0.29) is 6.04 Å². The van der Waals surface area contributed by atoms with E-state index in [4.69, 9.17) is 11.6 Å². The predicted molar refractivity (Wildman–Crippen MR) is 80.0 cm³/mol. The second kappa shape index (κ2) is 5.65. The summed E-state index contributed by atoms with van der Waals surface area (Å²) in [5, 5.41) is 0. The van der Waals surface area contributed by atoms with Crippen molar-refractivity contribution in [2.45, 2.75) is 12.2 Å². The van der Waals surface area contributed by atoms with Crippen molar-refractivity contribution < 1.29 is 13.2 Å². The van der Waals surface area contributed by atoms with E-state index in [0.717, 1.165) is 17.7 Å². The molecule has 1 aromatic heterocycles. The van der Waals surface area contributed by atoms with Gasteiger partial charge in [0.2, 0.25) is 0 Å². The Labute approximate surface area is 130 Å². The van der Waals surface area contributed by atoms with Gasteiger partial charge in [0.1, 0.15) is 0 Å². The number of fused-ring (bicyclic) bond motifs is 1. The molecular weight excluding hydrogens is 313 g/mol. The molecule has 0 aliphatic rings. The molecule has 0 fully saturated rings. The van der Waals surface area contributed by atoms with Crippen LogP contribution in [0.4, 0.5) is 13.2 Å². The topological polar surface area (TPSA) is 17.8 Å². The summed E-state index contributed by atoms with van der Waals surface area (Å²) in [6.07, 6.45) is -2.84. The van der Waals surface area contributed by atoms with Gasteiger partial charge in [-0.15, -0.1) is 11.6 Å². The van der Waals surface area contributed by atoms with Crippen LogP contribution in [-0.4, -0.2) is 15.4 Å². The molecule has 2 nitrogen and oxygen atoms in total. The van der Waals surface area contributed by atoms with Crippen molar-refractivity contribution in [2.75, 3.05) is 5.88 Å². The van der Waals surface area contributed by atoms with E-state index in [9.17, 15) is 13.2 Å². The van der Waals surface area contributed by atoms with Crippen LogP contribution in [0.2, 0.25) is 0 Å². The summed E-state index contributed by atoms with van der Waals surface area (Å²) in [7, 11) is 0. The van der Waals surface area contributed by atoms with Crippen molar-refractivity contribution in [3.05, 3.63) is 66.0 Å². The van der Waals surface area contributed by atoms with Crippen LogP contribution in [0.5, 0.6) is 0 Å². The zero-order valence-electron chi connectivity index (χ0n) is 11.4. The second-order valence-corrected chi connectivity index (χ2v) is 5.24. The van der Waals surface area contributed by atoms with E-state index in [1.54, 1.807) is 4.57 Å². The fourth-order valence-corrected chi connectivity index (χ4v) is 2.78.